The van der Waals surface area contributed by atoms with Crippen LogP contribution in [0.2, 0.25) is 0 Å². The summed E-state index contributed by atoms with van der Waals surface area (Å²) in [5.74, 6) is -1.07. The third-order valence-electron chi connectivity index (χ3n) is 3.94. The van der Waals surface area contributed by atoms with Gasteiger partial charge in [-0.25, -0.2) is 8.42 Å². The summed E-state index contributed by atoms with van der Waals surface area (Å²) in [6.45, 7) is 1.32. The Morgan fingerprint density at radius 1 is 1.28 bits per heavy atom. The van der Waals surface area contributed by atoms with Crippen molar-refractivity contribution in [3.63, 3.8) is 0 Å². The fourth-order valence-electron chi connectivity index (χ4n) is 2.43. The molecule has 1 amide bonds. The van der Waals surface area contributed by atoms with Crippen molar-refractivity contribution >= 4 is 21.6 Å². The summed E-state index contributed by atoms with van der Waals surface area (Å²) >= 11 is 0. The van der Waals surface area contributed by atoms with Crippen molar-refractivity contribution in [3.05, 3.63) is 24.3 Å². The number of anilines is 1. The summed E-state index contributed by atoms with van der Waals surface area (Å²) in [6.07, 6.45) is -4.62. The Hall–Kier alpha value is -1.65. The summed E-state index contributed by atoms with van der Waals surface area (Å²) < 4.78 is 64.1. The van der Waals surface area contributed by atoms with Gasteiger partial charge in [0.15, 0.2) is 5.60 Å². The summed E-state index contributed by atoms with van der Waals surface area (Å²) in [4.78, 5) is 11.7. The van der Waals surface area contributed by atoms with E-state index in [4.69, 9.17) is 0 Å². The number of amides is 1. The Morgan fingerprint density at radius 2 is 1.88 bits per heavy atom. The maximum atomic E-state index is 12.6. The van der Waals surface area contributed by atoms with E-state index in [2.05, 4.69) is 5.32 Å². The van der Waals surface area contributed by atoms with E-state index in [9.17, 15) is 31.5 Å². The SMILES string of the molecule is C[C@](O)(CC(=O)Nc1cccc(S(=O)(=O)N2CCCC2)c1)C(F)(F)F. The van der Waals surface area contributed by atoms with Crippen LogP contribution in [-0.4, -0.2) is 48.6 Å². The first-order valence-electron chi connectivity index (χ1n) is 7.63. The van der Waals surface area contributed by atoms with Crippen LogP contribution >= 0.6 is 0 Å². The van der Waals surface area contributed by atoms with Gasteiger partial charge in [-0.2, -0.15) is 17.5 Å². The topological polar surface area (TPSA) is 86.7 Å². The lowest BCUT2D eigenvalue weighted by molar-refractivity contribution is -0.252. The molecule has 140 valence electrons. The van der Waals surface area contributed by atoms with Gasteiger partial charge in [-0.1, -0.05) is 6.07 Å². The number of alkyl halides is 3. The molecule has 1 atom stereocenters. The predicted octanol–water partition coefficient (Wildman–Crippen LogP) is 2.11. The van der Waals surface area contributed by atoms with Crippen molar-refractivity contribution < 1.29 is 31.5 Å². The predicted molar refractivity (Wildman–Crippen MR) is 84.4 cm³/mol. The molecule has 1 aliphatic heterocycles. The standard InChI is InChI=1S/C15H19F3N2O4S/c1-14(22,15(16,17)18)10-13(21)19-11-5-4-6-12(9-11)25(23,24)20-7-2-3-8-20/h4-6,9,22H,2-3,7-8,10H2,1H3,(H,19,21)/t14-/m0/s1. The zero-order valence-electron chi connectivity index (χ0n) is 13.5. The molecule has 0 saturated carbocycles. The van der Waals surface area contributed by atoms with Gasteiger partial charge in [-0.05, 0) is 38.0 Å². The Bertz CT molecular complexity index is 741. The van der Waals surface area contributed by atoms with Gasteiger partial charge in [0.05, 0.1) is 11.3 Å². The molecule has 2 N–H and O–H groups in total. The Kier molecular flexibility index (Phi) is 5.45. The number of carbonyl (C=O) groups is 1. The Balaban J connectivity index is 2.13. The molecule has 1 aromatic carbocycles. The van der Waals surface area contributed by atoms with Gasteiger partial charge < -0.3 is 10.4 Å². The number of hydrogen-bond acceptors (Lipinski definition) is 4. The van der Waals surface area contributed by atoms with Gasteiger partial charge in [0, 0.05) is 18.8 Å². The number of nitrogens with one attached hydrogen (secondary N) is 1. The van der Waals surface area contributed by atoms with E-state index in [1.807, 2.05) is 0 Å². The normalized spacial score (nSPS) is 18.8. The first-order valence-corrected chi connectivity index (χ1v) is 9.07. The lowest BCUT2D eigenvalue weighted by atomic mass is 10.0. The number of carbonyl (C=O) groups excluding carboxylic acids is 1. The highest BCUT2D eigenvalue weighted by Gasteiger charge is 2.51. The van der Waals surface area contributed by atoms with Gasteiger partial charge in [-0.15, -0.1) is 0 Å². The van der Waals surface area contributed by atoms with Crippen LogP contribution < -0.4 is 5.32 Å². The van der Waals surface area contributed by atoms with Crippen LogP contribution in [0.4, 0.5) is 18.9 Å². The third kappa shape index (κ3) is 4.50. The van der Waals surface area contributed by atoms with E-state index in [1.165, 1.54) is 28.6 Å². The maximum Gasteiger partial charge on any atom is 0.417 e. The summed E-state index contributed by atoms with van der Waals surface area (Å²) in [7, 11) is -3.70. The Morgan fingerprint density at radius 3 is 2.44 bits per heavy atom. The van der Waals surface area contributed by atoms with Crippen LogP contribution in [0.3, 0.4) is 0 Å². The zero-order chi connectivity index (χ0) is 18.9. The molecule has 10 heteroatoms. The van der Waals surface area contributed by atoms with Crippen molar-refractivity contribution in [2.75, 3.05) is 18.4 Å². The zero-order valence-corrected chi connectivity index (χ0v) is 14.3. The highest BCUT2D eigenvalue weighted by molar-refractivity contribution is 7.89. The van der Waals surface area contributed by atoms with Crippen LogP contribution in [0.15, 0.2) is 29.2 Å². The third-order valence-corrected chi connectivity index (χ3v) is 5.83. The highest BCUT2D eigenvalue weighted by Crippen LogP contribution is 2.33. The largest absolute Gasteiger partial charge is 0.417 e. The molecule has 0 bridgehead atoms. The number of rotatable bonds is 5. The van der Waals surface area contributed by atoms with Gasteiger partial charge >= 0.3 is 6.18 Å². The minimum atomic E-state index is -4.95. The number of halogens is 3. The van der Waals surface area contributed by atoms with Gasteiger partial charge in [0.25, 0.3) is 0 Å². The number of sulfonamides is 1. The van der Waals surface area contributed by atoms with Crippen molar-refractivity contribution in [2.45, 2.75) is 42.9 Å². The lowest BCUT2D eigenvalue weighted by Crippen LogP contribution is -2.44. The minimum absolute atomic E-state index is 0.0447. The summed E-state index contributed by atoms with van der Waals surface area (Å²) in [5.41, 5.74) is -3.13. The van der Waals surface area contributed by atoms with E-state index in [1.54, 1.807) is 0 Å². The molecular weight excluding hydrogens is 361 g/mol. The van der Waals surface area contributed by atoms with Gasteiger partial charge in [-0.3, -0.25) is 4.79 Å². The lowest BCUT2D eigenvalue weighted by Gasteiger charge is -2.25. The van der Waals surface area contributed by atoms with Crippen LogP contribution in [0.5, 0.6) is 0 Å². The molecule has 2 rings (SSSR count). The summed E-state index contributed by atoms with van der Waals surface area (Å²) in [5, 5.41) is 11.5. The molecule has 6 nitrogen and oxygen atoms in total. The molecule has 1 aromatic rings. The molecule has 1 aliphatic rings. The molecule has 0 aromatic heterocycles. The molecule has 0 unspecified atom stereocenters. The van der Waals surface area contributed by atoms with Gasteiger partial charge in [0.1, 0.15) is 0 Å². The second-order valence-electron chi connectivity index (χ2n) is 6.14. The molecule has 1 fully saturated rings. The molecule has 1 saturated heterocycles. The second kappa shape index (κ2) is 6.93. The smallest absolute Gasteiger partial charge is 0.380 e. The molecule has 0 spiro atoms. The molecule has 1 heterocycles. The monoisotopic (exact) mass is 380 g/mol. The number of nitrogens with zero attached hydrogens (tertiary/aromatic N) is 1. The number of aliphatic hydroxyl groups is 1. The van der Waals surface area contributed by atoms with Crippen molar-refractivity contribution in [2.24, 2.45) is 0 Å². The van der Waals surface area contributed by atoms with E-state index in [-0.39, 0.29) is 10.6 Å². The van der Waals surface area contributed by atoms with Crippen LogP contribution in [0.25, 0.3) is 0 Å². The van der Waals surface area contributed by atoms with Crippen LogP contribution in [0.1, 0.15) is 26.2 Å². The Labute approximate surface area is 143 Å². The van der Waals surface area contributed by atoms with Crippen LogP contribution in [0, 0.1) is 0 Å². The van der Waals surface area contributed by atoms with Crippen molar-refractivity contribution in [1.29, 1.82) is 0 Å². The maximum absolute atomic E-state index is 12.6. The van der Waals surface area contributed by atoms with E-state index >= 15 is 0 Å². The molecule has 25 heavy (non-hydrogen) atoms. The highest BCUT2D eigenvalue weighted by atomic mass is 32.2. The van der Waals surface area contributed by atoms with E-state index in [0.717, 1.165) is 12.8 Å². The fourth-order valence-corrected chi connectivity index (χ4v) is 3.99. The average molecular weight is 380 g/mol. The number of benzene rings is 1. The molecule has 0 radical (unpaired) electrons. The first-order chi connectivity index (χ1) is 11.4. The van der Waals surface area contributed by atoms with Crippen molar-refractivity contribution in [3.8, 4) is 0 Å². The molecular formula is C15H19F3N2O4S. The number of hydrogen-bond donors (Lipinski definition) is 2. The second-order valence-corrected chi connectivity index (χ2v) is 8.07. The quantitative estimate of drug-likeness (QED) is 0.819. The fraction of sp³-hybridized carbons (Fsp3) is 0.533. The average Bonchev–Trinajstić information content (AvgIpc) is 3.00. The van der Waals surface area contributed by atoms with E-state index < -0.39 is 34.1 Å². The summed E-state index contributed by atoms with van der Waals surface area (Å²) in [6, 6.07) is 5.30. The van der Waals surface area contributed by atoms with Crippen LogP contribution in [-0.2, 0) is 14.8 Å². The molecule has 0 aliphatic carbocycles. The minimum Gasteiger partial charge on any atom is -0.380 e. The first kappa shape index (κ1) is 19.7. The van der Waals surface area contributed by atoms with Gasteiger partial charge in [0.2, 0.25) is 15.9 Å². The van der Waals surface area contributed by atoms with Crippen molar-refractivity contribution in [1.82, 2.24) is 4.31 Å². The van der Waals surface area contributed by atoms with E-state index in [0.29, 0.717) is 20.0 Å².